The first-order valence-corrected chi connectivity index (χ1v) is 11.7. The number of urea groups is 1. The Morgan fingerprint density at radius 3 is 2.30 bits per heavy atom. The molecule has 0 unspecified atom stereocenters. The minimum atomic E-state index is -3.58. The molecule has 1 aliphatic rings. The number of nitrogens with zero attached hydrogens (tertiary/aromatic N) is 3. The van der Waals surface area contributed by atoms with Crippen LogP contribution in [0.5, 0.6) is 0 Å². The lowest BCUT2D eigenvalue weighted by molar-refractivity contribution is 0.171. The van der Waals surface area contributed by atoms with E-state index < -0.39 is 10.0 Å². The van der Waals surface area contributed by atoms with Crippen molar-refractivity contribution in [3.8, 4) is 0 Å². The Morgan fingerprint density at radius 1 is 1.03 bits per heavy atom. The standard InChI is InChI=1S/C21H27ClN4O3S/c1-24(17-18-5-3-2-4-6-18)12-11-23-21(27)25-13-15-26(16-14-25)30(28,29)20-9-7-19(22)8-10-20/h2-10H,11-17H2,1H3,(H,23,27). The third-order valence-corrected chi connectivity index (χ3v) is 7.21. The van der Waals surface area contributed by atoms with Crippen LogP contribution in [0.3, 0.4) is 0 Å². The molecule has 1 aliphatic heterocycles. The molecule has 0 aliphatic carbocycles. The van der Waals surface area contributed by atoms with Gasteiger partial charge in [0.2, 0.25) is 10.0 Å². The molecule has 1 saturated heterocycles. The second-order valence-corrected chi connectivity index (χ2v) is 9.67. The quantitative estimate of drug-likeness (QED) is 0.703. The van der Waals surface area contributed by atoms with Gasteiger partial charge >= 0.3 is 6.03 Å². The topological polar surface area (TPSA) is 73.0 Å². The Bertz CT molecular complexity index is 930. The smallest absolute Gasteiger partial charge is 0.317 e. The number of benzene rings is 2. The predicted octanol–water partition coefficient (Wildman–Crippen LogP) is 2.49. The van der Waals surface area contributed by atoms with Gasteiger partial charge in [0.25, 0.3) is 0 Å². The van der Waals surface area contributed by atoms with Crippen molar-refractivity contribution in [3.63, 3.8) is 0 Å². The van der Waals surface area contributed by atoms with Gasteiger partial charge in [-0.1, -0.05) is 41.9 Å². The third kappa shape index (κ3) is 5.95. The number of halogens is 1. The molecule has 0 bridgehead atoms. The van der Waals surface area contributed by atoms with E-state index in [4.69, 9.17) is 11.6 Å². The molecular weight excluding hydrogens is 424 g/mol. The lowest BCUT2D eigenvalue weighted by atomic mass is 10.2. The molecule has 30 heavy (non-hydrogen) atoms. The number of amides is 2. The molecule has 3 rings (SSSR count). The Kier molecular flexibility index (Phi) is 7.71. The number of sulfonamides is 1. The third-order valence-electron chi connectivity index (χ3n) is 5.04. The number of likely N-dealkylation sites (N-methyl/N-ethyl adjacent to an activating group) is 1. The van der Waals surface area contributed by atoms with Gasteiger partial charge < -0.3 is 15.1 Å². The number of carbonyl (C=O) groups excluding carboxylic acids is 1. The van der Waals surface area contributed by atoms with Gasteiger partial charge in [0.15, 0.2) is 0 Å². The number of piperazine rings is 1. The summed E-state index contributed by atoms with van der Waals surface area (Å²) < 4.78 is 26.9. The Morgan fingerprint density at radius 2 is 1.67 bits per heavy atom. The molecule has 9 heteroatoms. The zero-order valence-corrected chi connectivity index (χ0v) is 18.6. The number of hydrogen-bond donors (Lipinski definition) is 1. The second-order valence-electron chi connectivity index (χ2n) is 7.30. The van der Waals surface area contributed by atoms with E-state index >= 15 is 0 Å². The molecule has 1 heterocycles. The summed E-state index contributed by atoms with van der Waals surface area (Å²) in [5.41, 5.74) is 1.23. The summed E-state index contributed by atoms with van der Waals surface area (Å²) in [6.07, 6.45) is 0. The number of rotatable bonds is 7. The highest BCUT2D eigenvalue weighted by atomic mass is 35.5. The molecule has 2 aromatic rings. The van der Waals surface area contributed by atoms with Gasteiger partial charge in [-0.3, -0.25) is 0 Å². The largest absolute Gasteiger partial charge is 0.337 e. The van der Waals surface area contributed by atoms with Crippen molar-refractivity contribution in [2.24, 2.45) is 0 Å². The van der Waals surface area contributed by atoms with E-state index in [1.165, 1.54) is 22.0 Å². The second kappa shape index (κ2) is 10.3. The van der Waals surface area contributed by atoms with Gasteiger partial charge in [-0.05, 0) is 36.9 Å². The minimum absolute atomic E-state index is 0.161. The van der Waals surface area contributed by atoms with Crippen molar-refractivity contribution < 1.29 is 13.2 Å². The van der Waals surface area contributed by atoms with E-state index in [0.29, 0.717) is 24.7 Å². The molecule has 0 aromatic heterocycles. The fourth-order valence-electron chi connectivity index (χ4n) is 3.33. The van der Waals surface area contributed by atoms with Gasteiger partial charge in [0.1, 0.15) is 0 Å². The fourth-order valence-corrected chi connectivity index (χ4v) is 4.88. The summed E-state index contributed by atoms with van der Waals surface area (Å²) in [4.78, 5) is 16.4. The van der Waals surface area contributed by atoms with Crippen LogP contribution in [0.2, 0.25) is 5.02 Å². The molecular formula is C21H27ClN4O3S. The molecule has 1 fully saturated rings. The first-order valence-electron chi connectivity index (χ1n) is 9.87. The maximum atomic E-state index is 12.7. The van der Waals surface area contributed by atoms with E-state index in [2.05, 4.69) is 22.3 Å². The summed E-state index contributed by atoms with van der Waals surface area (Å²) in [5.74, 6) is 0. The van der Waals surface area contributed by atoms with Crippen molar-refractivity contribution in [2.45, 2.75) is 11.4 Å². The van der Waals surface area contributed by atoms with E-state index in [1.807, 2.05) is 25.2 Å². The van der Waals surface area contributed by atoms with Crippen LogP contribution < -0.4 is 5.32 Å². The minimum Gasteiger partial charge on any atom is -0.337 e. The molecule has 2 aromatic carbocycles. The van der Waals surface area contributed by atoms with E-state index in [0.717, 1.165) is 13.1 Å². The molecule has 0 saturated carbocycles. The van der Waals surface area contributed by atoms with Crippen LogP contribution in [-0.4, -0.2) is 74.9 Å². The van der Waals surface area contributed by atoms with Crippen molar-refractivity contribution in [1.29, 1.82) is 0 Å². The van der Waals surface area contributed by atoms with Crippen LogP contribution in [0.25, 0.3) is 0 Å². The normalized spacial score (nSPS) is 15.4. The Balaban J connectivity index is 1.42. The summed E-state index contributed by atoms with van der Waals surface area (Å²) in [6, 6.07) is 16.1. The molecule has 0 radical (unpaired) electrons. The first-order chi connectivity index (χ1) is 14.4. The van der Waals surface area contributed by atoms with Crippen molar-refractivity contribution in [3.05, 3.63) is 65.2 Å². The predicted molar refractivity (Wildman–Crippen MR) is 118 cm³/mol. The van der Waals surface area contributed by atoms with E-state index in [9.17, 15) is 13.2 Å². The Hall–Kier alpha value is -2.13. The van der Waals surface area contributed by atoms with Crippen molar-refractivity contribution >= 4 is 27.7 Å². The highest BCUT2D eigenvalue weighted by Gasteiger charge is 2.30. The maximum absolute atomic E-state index is 12.7. The molecule has 1 N–H and O–H groups in total. The number of hydrogen-bond acceptors (Lipinski definition) is 4. The molecule has 2 amide bonds. The van der Waals surface area contributed by atoms with Crippen molar-refractivity contribution in [1.82, 2.24) is 19.4 Å². The first kappa shape index (κ1) is 22.6. The van der Waals surface area contributed by atoms with Crippen LogP contribution in [-0.2, 0) is 16.6 Å². The SMILES string of the molecule is CN(CCNC(=O)N1CCN(S(=O)(=O)c2ccc(Cl)cc2)CC1)Cc1ccccc1. The maximum Gasteiger partial charge on any atom is 0.317 e. The molecule has 162 valence electrons. The Labute approximate surface area is 183 Å². The summed E-state index contributed by atoms with van der Waals surface area (Å²) in [5, 5.41) is 3.41. The van der Waals surface area contributed by atoms with Crippen LogP contribution in [0.1, 0.15) is 5.56 Å². The van der Waals surface area contributed by atoms with Gasteiger partial charge in [-0.2, -0.15) is 4.31 Å². The van der Waals surface area contributed by atoms with Crippen LogP contribution in [0.4, 0.5) is 4.79 Å². The average Bonchev–Trinajstić information content (AvgIpc) is 2.75. The fraction of sp³-hybridized carbons (Fsp3) is 0.381. The highest BCUT2D eigenvalue weighted by Crippen LogP contribution is 2.19. The zero-order chi connectivity index (χ0) is 21.6. The van der Waals surface area contributed by atoms with Gasteiger partial charge in [0, 0.05) is 50.8 Å². The van der Waals surface area contributed by atoms with Crippen molar-refractivity contribution in [2.75, 3.05) is 46.3 Å². The molecule has 0 spiro atoms. The van der Waals surface area contributed by atoms with Crippen LogP contribution in [0.15, 0.2) is 59.5 Å². The van der Waals surface area contributed by atoms with Crippen LogP contribution in [0, 0.1) is 0 Å². The van der Waals surface area contributed by atoms with Gasteiger partial charge in [0.05, 0.1) is 4.90 Å². The van der Waals surface area contributed by atoms with E-state index in [-0.39, 0.29) is 24.0 Å². The lowest BCUT2D eigenvalue weighted by Crippen LogP contribution is -2.53. The highest BCUT2D eigenvalue weighted by molar-refractivity contribution is 7.89. The monoisotopic (exact) mass is 450 g/mol. The zero-order valence-electron chi connectivity index (χ0n) is 17.0. The summed E-state index contributed by atoms with van der Waals surface area (Å²) in [6.45, 7) is 3.34. The van der Waals surface area contributed by atoms with Crippen LogP contribution >= 0.6 is 11.6 Å². The number of nitrogens with one attached hydrogen (secondary N) is 1. The van der Waals surface area contributed by atoms with Gasteiger partial charge in [-0.25, -0.2) is 13.2 Å². The van der Waals surface area contributed by atoms with Gasteiger partial charge in [-0.15, -0.1) is 0 Å². The summed E-state index contributed by atoms with van der Waals surface area (Å²) in [7, 11) is -1.56. The molecule has 7 nitrogen and oxygen atoms in total. The number of carbonyl (C=O) groups is 1. The van der Waals surface area contributed by atoms with E-state index in [1.54, 1.807) is 17.0 Å². The molecule has 0 atom stereocenters. The summed E-state index contributed by atoms with van der Waals surface area (Å²) >= 11 is 5.84. The lowest BCUT2D eigenvalue weighted by Gasteiger charge is -2.34. The average molecular weight is 451 g/mol.